The van der Waals surface area contributed by atoms with Crippen molar-refractivity contribution in [2.45, 2.75) is 6.92 Å². The summed E-state index contributed by atoms with van der Waals surface area (Å²) >= 11 is 0. The largest absolute Gasteiger partial charge is 0.320 e. The van der Waals surface area contributed by atoms with Gasteiger partial charge in [-0.2, -0.15) is 0 Å². The van der Waals surface area contributed by atoms with Crippen molar-refractivity contribution >= 4 is 43.9 Å². The van der Waals surface area contributed by atoms with Gasteiger partial charge in [0.1, 0.15) is 5.69 Å². The number of hydrogen-bond acceptors (Lipinski definition) is 2. The molecule has 32 heavy (non-hydrogen) atoms. The molecular weight excluding hydrogens is 392 g/mol. The highest BCUT2D eigenvalue weighted by atomic mass is 16.1. The number of carbonyl (C=O) groups excluding carboxylic acids is 1. The molecule has 0 aliphatic heterocycles. The Morgan fingerprint density at radius 1 is 0.719 bits per heavy atom. The van der Waals surface area contributed by atoms with E-state index in [0.717, 1.165) is 27.6 Å². The van der Waals surface area contributed by atoms with Gasteiger partial charge in [-0.05, 0) is 63.9 Å². The van der Waals surface area contributed by atoms with Crippen molar-refractivity contribution in [1.82, 2.24) is 4.98 Å². The van der Waals surface area contributed by atoms with Crippen LogP contribution in [-0.2, 0) is 0 Å². The fraction of sp³-hybridized carbons (Fsp3) is 0.0345. The number of nitrogens with zero attached hydrogens (tertiary/aromatic N) is 1. The summed E-state index contributed by atoms with van der Waals surface area (Å²) in [5.41, 5.74) is 4.65. The van der Waals surface area contributed by atoms with Crippen molar-refractivity contribution in [3.05, 3.63) is 108 Å². The van der Waals surface area contributed by atoms with E-state index in [-0.39, 0.29) is 5.91 Å². The average Bonchev–Trinajstić information content (AvgIpc) is 2.84. The standard InChI is InChI=1S/C29H20N2O/c1-18-8-10-19(11-9-18)23-17-22-6-4-5-20-12-13-21-14-15-24(28(23)27(21)26(20)22)31-29(32)25-7-2-3-16-30-25/h2-17H,1H3,(H,31,32). The second-order valence-electron chi connectivity index (χ2n) is 8.19. The van der Waals surface area contributed by atoms with Crippen molar-refractivity contribution in [2.75, 3.05) is 5.32 Å². The molecule has 1 amide bonds. The molecule has 0 aliphatic carbocycles. The van der Waals surface area contributed by atoms with E-state index in [0.29, 0.717) is 5.69 Å². The minimum atomic E-state index is -0.213. The van der Waals surface area contributed by atoms with Crippen LogP contribution >= 0.6 is 0 Å². The van der Waals surface area contributed by atoms with E-state index in [9.17, 15) is 4.79 Å². The Hall–Kier alpha value is -4.24. The van der Waals surface area contributed by atoms with Crippen molar-refractivity contribution in [3.8, 4) is 11.1 Å². The Bertz CT molecular complexity index is 1600. The van der Waals surface area contributed by atoms with Gasteiger partial charge < -0.3 is 5.32 Å². The van der Waals surface area contributed by atoms with Gasteiger partial charge in [-0.1, -0.05) is 72.3 Å². The molecule has 0 unspecified atom stereocenters. The lowest BCUT2D eigenvalue weighted by molar-refractivity contribution is 0.102. The fourth-order valence-electron chi connectivity index (χ4n) is 4.60. The molecule has 1 heterocycles. The zero-order chi connectivity index (χ0) is 21.7. The van der Waals surface area contributed by atoms with Gasteiger partial charge in [0.15, 0.2) is 0 Å². The summed E-state index contributed by atoms with van der Waals surface area (Å²) in [7, 11) is 0. The zero-order valence-electron chi connectivity index (χ0n) is 17.6. The Morgan fingerprint density at radius 3 is 2.25 bits per heavy atom. The van der Waals surface area contributed by atoms with Gasteiger partial charge in [0.2, 0.25) is 0 Å². The van der Waals surface area contributed by atoms with Crippen LogP contribution in [0.1, 0.15) is 16.1 Å². The third-order valence-corrected chi connectivity index (χ3v) is 6.14. The molecule has 152 valence electrons. The molecule has 0 fully saturated rings. The Labute approximate surface area is 185 Å². The first kappa shape index (κ1) is 18.5. The number of aromatic nitrogens is 1. The first-order valence-electron chi connectivity index (χ1n) is 10.7. The van der Waals surface area contributed by atoms with Crippen LogP contribution in [0.5, 0.6) is 0 Å². The molecule has 3 nitrogen and oxygen atoms in total. The van der Waals surface area contributed by atoms with Crippen LogP contribution in [0.25, 0.3) is 43.4 Å². The number of anilines is 1. The van der Waals surface area contributed by atoms with Gasteiger partial charge in [0.05, 0.1) is 0 Å². The molecule has 0 saturated carbocycles. The zero-order valence-corrected chi connectivity index (χ0v) is 17.6. The summed E-state index contributed by atoms with van der Waals surface area (Å²) in [5, 5.41) is 10.1. The summed E-state index contributed by atoms with van der Waals surface area (Å²) in [6.45, 7) is 2.09. The van der Waals surface area contributed by atoms with Crippen molar-refractivity contribution in [3.63, 3.8) is 0 Å². The van der Waals surface area contributed by atoms with Crippen LogP contribution in [0, 0.1) is 6.92 Å². The molecule has 3 heteroatoms. The lowest BCUT2D eigenvalue weighted by Gasteiger charge is -2.18. The number of hydrogen-bond donors (Lipinski definition) is 1. The Balaban J connectivity index is 1.68. The van der Waals surface area contributed by atoms with Crippen LogP contribution in [0.3, 0.4) is 0 Å². The van der Waals surface area contributed by atoms with Gasteiger partial charge in [-0.3, -0.25) is 9.78 Å². The van der Waals surface area contributed by atoms with Crippen molar-refractivity contribution in [1.29, 1.82) is 0 Å². The Kier molecular flexibility index (Phi) is 4.15. The summed E-state index contributed by atoms with van der Waals surface area (Å²) in [6, 6.07) is 31.0. The van der Waals surface area contributed by atoms with Crippen LogP contribution < -0.4 is 5.32 Å². The number of benzene rings is 5. The molecule has 1 N–H and O–H groups in total. The minimum absolute atomic E-state index is 0.213. The maximum Gasteiger partial charge on any atom is 0.274 e. The van der Waals surface area contributed by atoms with Crippen LogP contribution in [-0.4, -0.2) is 10.9 Å². The van der Waals surface area contributed by atoms with E-state index >= 15 is 0 Å². The van der Waals surface area contributed by atoms with Crippen LogP contribution in [0.15, 0.2) is 97.2 Å². The highest BCUT2D eigenvalue weighted by Crippen LogP contribution is 2.43. The highest BCUT2D eigenvalue weighted by Gasteiger charge is 2.18. The Morgan fingerprint density at radius 2 is 1.47 bits per heavy atom. The topological polar surface area (TPSA) is 42.0 Å². The predicted molar refractivity (Wildman–Crippen MR) is 133 cm³/mol. The summed E-state index contributed by atoms with van der Waals surface area (Å²) in [5.74, 6) is -0.213. The smallest absolute Gasteiger partial charge is 0.274 e. The first-order chi connectivity index (χ1) is 15.7. The number of nitrogens with one attached hydrogen (secondary N) is 1. The maximum absolute atomic E-state index is 13.0. The molecule has 1 aromatic heterocycles. The lowest BCUT2D eigenvalue weighted by Crippen LogP contribution is -2.13. The van der Waals surface area contributed by atoms with Gasteiger partial charge in [0, 0.05) is 22.7 Å². The molecule has 6 rings (SSSR count). The second kappa shape index (κ2) is 7.17. The quantitative estimate of drug-likeness (QED) is 0.312. The number of amides is 1. The monoisotopic (exact) mass is 412 g/mol. The SMILES string of the molecule is Cc1ccc(-c2cc3cccc4ccc5ccc(NC(=O)c6ccccn6)c2c5c43)cc1. The van der Waals surface area contributed by atoms with Crippen molar-refractivity contribution in [2.24, 2.45) is 0 Å². The third-order valence-electron chi connectivity index (χ3n) is 6.14. The molecule has 0 radical (unpaired) electrons. The molecule has 0 atom stereocenters. The molecule has 0 spiro atoms. The van der Waals surface area contributed by atoms with E-state index in [1.165, 1.54) is 27.1 Å². The van der Waals surface area contributed by atoms with Crippen molar-refractivity contribution < 1.29 is 4.79 Å². The number of aryl methyl sites for hydroxylation is 1. The summed E-state index contributed by atoms with van der Waals surface area (Å²) in [4.78, 5) is 17.2. The average molecular weight is 412 g/mol. The molecular formula is C29H20N2O. The van der Waals surface area contributed by atoms with E-state index in [1.54, 1.807) is 12.3 Å². The van der Waals surface area contributed by atoms with E-state index in [2.05, 4.69) is 84.0 Å². The fourth-order valence-corrected chi connectivity index (χ4v) is 4.60. The molecule has 5 aromatic carbocycles. The van der Waals surface area contributed by atoms with E-state index in [1.807, 2.05) is 18.2 Å². The highest BCUT2D eigenvalue weighted by molar-refractivity contribution is 6.29. The number of pyridine rings is 1. The number of carbonyl (C=O) groups is 1. The first-order valence-corrected chi connectivity index (χ1v) is 10.7. The summed E-state index contributed by atoms with van der Waals surface area (Å²) in [6.07, 6.45) is 1.64. The molecule has 0 aliphatic rings. The van der Waals surface area contributed by atoms with Gasteiger partial charge in [0.25, 0.3) is 5.91 Å². The molecule has 0 bridgehead atoms. The molecule has 6 aromatic rings. The molecule has 0 saturated heterocycles. The number of rotatable bonds is 3. The summed E-state index contributed by atoms with van der Waals surface area (Å²) < 4.78 is 0. The lowest BCUT2D eigenvalue weighted by atomic mass is 9.88. The van der Waals surface area contributed by atoms with E-state index in [4.69, 9.17) is 0 Å². The maximum atomic E-state index is 13.0. The van der Waals surface area contributed by atoms with Gasteiger partial charge in [-0.15, -0.1) is 0 Å². The minimum Gasteiger partial charge on any atom is -0.320 e. The van der Waals surface area contributed by atoms with Crippen LogP contribution in [0.2, 0.25) is 0 Å². The third kappa shape index (κ3) is 2.90. The second-order valence-corrected chi connectivity index (χ2v) is 8.19. The van der Waals surface area contributed by atoms with Crippen LogP contribution in [0.4, 0.5) is 5.69 Å². The normalized spacial score (nSPS) is 11.4. The van der Waals surface area contributed by atoms with Gasteiger partial charge in [-0.25, -0.2) is 0 Å². The predicted octanol–water partition coefficient (Wildman–Crippen LogP) is 7.21. The van der Waals surface area contributed by atoms with E-state index < -0.39 is 0 Å². The van der Waals surface area contributed by atoms with Gasteiger partial charge >= 0.3 is 0 Å².